The first-order valence-electron chi connectivity index (χ1n) is 11.1. The van der Waals surface area contributed by atoms with Gasteiger partial charge in [0.25, 0.3) is 0 Å². The topological polar surface area (TPSA) is 85.1 Å². The number of hydrogen-bond acceptors (Lipinski definition) is 8. The maximum absolute atomic E-state index is 6.28. The molecule has 0 amide bonds. The number of nitrogens with zero attached hydrogens (tertiary/aromatic N) is 2. The average molecular weight is 463 g/mol. The van der Waals surface area contributed by atoms with Gasteiger partial charge in [-0.3, -0.25) is 4.98 Å². The molecule has 1 fully saturated rings. The van der Waals surface area contributed by atoms with Crippen molar-refractivity contribution in [3.8, 4) is 45.6 Å². The lowest BCUT2D eigenvalue weighted by Crippen LogP contribution is -2.26. The van der Waals surface area contributed by atoms with Gasteiger partial charge in [0.05, 0.1) is 34.5 Å². The van der Waals surface area contributed by atoms with E-state index in [1.165, 1.54) is 0 Å². The van der Waals surface area contributed by atoms with Gasteiger partial charge in [-0.15, -0.1) is 0 Å². The smallest absolute Gasteiger partial charge is 0.213 e. The van der Waals surface area contributed by atoms with Crippen LogP contribution in [0, 0.1) is 0 Å². The predicted molar refractivity (Wildman–Crippen MR) is 127 cm³/mol. The molecule has 3 aromatic heterocycles. The highest BCUT2D eigenvalue weighted by molar-refractivity contribution is 5.92. The third kappa shape index (κ3) is 4.24. The zero-order chi connectivity index (χ0) is 23.5. The van der Waals surface area contributed by atoms with Crippen molar-refractivity contribution in [2.75, 3.05) is 34.5 Å². The lowest BCUT2D eigenvalue weighted by Gasteiger charge is -2.22. The van der Waals surface area contributed by atoms with Crippen LogP contribution in [0.25, 0.3) is 33.6 Å². The molecular weight excluding hydrogens is 436 g/mol. The first kappa shape index (κ1) is 22.0. The van der Waals surface area contributed by atoms with Crippen molar-refractivity contribution in [3.63, 3.8) is 0 Å². The molecule has 34 heavy (non-hydrogen) atoms. The summed E-state index contributed by atoms with van der Waals surface area (Å²) in [6.07, 6.45) is 5.46. The highest BCUT2D eigenvalue weighted by atomic mass is 16.5. The average Bonchev–Trinajstić information content (AvgIpc) is 3.33. The third-order valence-electron chi connectivity index (χ3n) is 5.86. The molecule has 1 aliphatic rings. The summed E-state index contributed by atoms with van der Waals surface area (Å²) in [5, 5.41) is 0. The van der Waals surface area contributed by atoms with Crippen LogP contribution in [0.2, 0.25) is 0 Å². The molecule has 0 bridgehead atoms. The Balaban J connectivity index is 1.48. The van der Waals surface area contributed by atoms with Gasteiger partial charge in [-0.1, -0.05) is 0 Å². The molecular formula is C26H26N2O6. The van der Waals surface area contributed by atoms with Crippen molar-refractivity contribution in [2.24, 2.45) is 0 Å². The van der Waals surface area contributed by atoms with E-state index in [2.05, 4.69) is 9.97 Å². The Hall–Kier alpha value is -3.78. The molecule has 5 rings (SSSR count). The summed E-state index contributed by atoms with van der Waals surface area (Å²) in [6, 6.07) is 11.4. The first-order valence-corrected chi connectivity index (χ1v) is 11.1. The summed E-state index contributed by atoms with van der Waals surface area (Å²) in [5.41, 5.74) is 4.01. The van der Waals surface area contributed by atoms with Gasteiger partial charge in [-0.2, -0.15) is 0 Å². The lowest BCUT2D eigenvalue weighted by molar-refractivity contribution is 0.0237. The number of furan rings is 1. The maximum Gasteiger partial charge on any atom is 0.213 e. The quantitative estimate of drug-likeness (QED) is 0.373. The van der Waals surface area contributed by atoms with E-state index in [0.717, 1.165) is 48.3 Å². The Labute approximate surface area is 197 Å². The minimum atomic E-state index is 0.144. The second-order valence-corrected chi connectivity index (χ2v) is 7.91. The van der Waals surface area contributed by atoms with Crippen molar-refractivity contribution >= 4 is 11.1 Å². The second kappa shape index (κ2) is 9.61. The molecule has 0 spiro atoms. The molecule has 4 aromatic rings. The van der Waals surface area contributed by atoms with Crippen LogP contribution < -0.4 is 18.9 Å². The molecule has 0 aliphatic carbocycles. The van der Waals surface area contributed by atoms with Gasteiger partial charge in [-0.25, -0.2) is 4.98 Å². The van der Waals surface area contributed by atoms with Crippen molar-refractivity contribution in [1.29, 1.82) is 0 Å². The van der Waals surface area contributed by atoms with Gasteiger partial charge in [0.15, 0.2) is 17.1 Å². The standard InChI is InChI=1S/C26H26N2O6/c1-29-22-12-17(13-23(30-2)26(22)31-3)21-14-20-25(34-21)19(6-9-27-20)16-4-5-24(28-15-16)33-18-7-10-32-11-8-18/h4-6,9,12-15,18H,7-8,10-11H2,1-3H3. The minimum absolute atomic E-state index is 0.144. The number of hydrogen-bond donors (Lipinski definition) is 0. The van der Waals surface area contributed by atoms with Crippen molar-refractivity contribution in [1.82, 2.24) is 9.97 Å². The van der Waals surface area contributed by atoms with E-state index in [9.17, 15) is 0 Å². The number of fused-ring (bicyclic) bond motifs is 1. The zero-order valence-electron chi connectivity index (χ0n) is 19.4. The summed E-state index contributed by atoms with van der Waals surface area (Å²) < 4.78 is 34.1. The Morgan fingerprint density at radius 2 is 1.62 bits per heavy atom. The molecule has 176 valence electrons. The third-order valence-corrected chi connectivity index (χ3v) is 5.86. The normalized spacial score (nSPS) is 14.2. The highest BCUT2D eigenvalue weighted by Gasteiger charge is 2.19. The van der Waals surface area contributed by atoms with E-state index in [1.54, 1.807) is 33.7 Å². The summed E-state index contributed by atoms with van der Waals surface area (Å²) in [4.78, 5) is 9.00. The van der Waals surface area contributed by atoms with Crippen LogP contribution in [0.3, 0.4) is 0 Å². The van der Waals surface area contributed by atoms with Crippen LogP contribution >= 0.6 is 0 Å². The largest absolute Gasteiger partial charge is 0.493 e. The molecule has 0 unspecified atom stereocenters. The fourth-order valence-corrected chi connectivity index (χ4v) is 4.10. The zero-order valence-corrected chi connectivity index (χ0v) is 19.4. The summed E-state index contributed by atoms with van der Waals surface area (Å²) in [6.45, 7) is 1.45. The van der Waals surface area contributed by atoms with Crippen LogP contribution in [0.5, 0.6) is 23.1 Å². The maximum atomic E-state index is 6.28. The van der Waals surface area contributed by atoms with Crippen LogP contribution in [-0.2, 0) is 4.74 Å². The molecule has 0 radical (unpaired) electrons. The van der Waals surface area contributed by atoms with Gasteiger partial charge < -0.3 is 28.1 Å². The lowest BCUT2D eigenvalue weighted by atomic mass is 10.1. The monoisotopic (exact) mass is 462 g/mol. The number of methoxy groups -OCH3 is 3. The van der Waals surface area contributed by atoms with Gasteiger partial charge in [0.1, 0.15) is 17.4 Å². The van der Waals surface area contributed by atoms with E-state index in [4.69, 9.17) is 28.1 Å². The van der Waals surface area contributed by atoms with Crippen LogP contribution in [0.15, 0.2) is 53.2 Å². The molecule has 4 heterocycles. The van der Waals surface area contributed by atoms with E-state index < -0.39 is 0 Å². The fraction of sp³-hybridized carbons (Fsp3) is 0.308. The first-order chi connectivity index (χ1) is 16.7. The number of aromatic nitrogens is 2. The van der Waals surface area contributed by atoms with E-state index >= 15 is 0 Å². The van der Waals surface area contributed by atoms with Crippen LogP contribution in [-0.4, -0.2) is 50.6 Å². The Morgan fingerprint density at radius 1 is 0.853 bits per heavy atom. The van der Waals surface area contributed by atoms with Gasteiger partial charge in [0, 0.05) is 54.1 Å². The Morgan fingerprint density at radius 3 is 2.26 bits per heavy atom. The summed E-state index contributed by atoms with van der Waals surface area (Å²) in [7, 11) is 4.74. The molecule has 8 nitrogen and oxygen atoms in total. The number of benzene rings is 1. The van der Waals surface area contributed by atoms with E-state index in [1.807, 2.05) is 36.4 Å². The van der Waals surface area contributed by atoms with Crippen LogP contribution in [0.4, 0.5) is 0 Å². The number of ether oxygens (including phenoxy) is 5. The summed E-state index contributed by atoms with van der Waals surface area (Å²) >= 11 is 0. The molecule has 1 saturated heterocycles. The van der Waals surface area contributed by atoms with E-state index in [-0.39, 0.29) is 6.10 Å². The molecule has 0 atom stereocenters. The minimum Gasteiger partial charge on any atom is -0.493 e. The van der Waals surface area contributed by atoms with Crippen molar-refractivity contribution in [3.05, 3.63) is 48.8 Å². The van der Waals surface area contributed by atoms with Gasteiger partial charge >= 0.3 is 0 Å². The van der Waals surface area contributed by atoms with Gasteiger partial charge in [0.2, 0.25) is 11.6 Å². The van der Waals surface area contributed by atoms with Crippen molar-refractivity contribution in [2.45, 2.75) is 18.9 Å². The molecule has 1 aliphatic heterocycles. The fourth-order valence-electron chi connectivity index (χ4n) is 4.10. The Bertz CT molecular complexity index is 1250. The molecule has 1 aromatic carbocycles. The SMILES string of the molecule is COc1cc(-c2cc3nccc(-c4ccc(OC5CCOCC5)nc4)c3o2)cc(OC)c1OC. The summed E-state index contributed by atoms with van der Waals surface area (Å²) in [5.74, 6) is 2.88. The highest BCUT2D eigenvalue weighted by Crippen LogP contribution is 2.42. The second-order valence-electron chi connectivity index (χ2n) is 7.91. The number of rotatable bonds is 7. The van der Waals surface area contributed by atoms with Crippen molar-refractivity contribution < 1.29 is 28.1 Å². The molecule has 8 heteroatoms. The molecule has 0 saturated carbocycles. The number of pyridine rings is 2. The predicted octanol–water partition coefficient (Wildman–Crippen LogP) is 5.14. The van der Waals surface area contributed by atoms with Crippen LogP contribution in [0.1, 0.15) is 12.8 Å². The van der Waals surface area contributed by atoms with Gasteiger partial charge in [-0.05, 0) is 24.3 Å². The molecule has 0 N–H and O–H groups in total. The van der Waals surface area contributed by atoms with E-state index in [0.29, 0.717) is 34.5 Å². The Kier molecular flexibility index (Phi) is 6.22.